The number of aliphatic hydroxyl groups excluding tert-OH is 1. The van der Waals surface area contributed by atoms with Crippen LogP contribution in [0.3, 0.4) is 0 Å². The van der Waals surface area contributed by atoms with E-state index in [1.165, 1.54) is 0 Å². The number of rotatable bonds is 2. The molecule has 1 rings (SSSR count). The van der Waals surface area contributed by atoms with Gasteiger partial charge in [0.25, 0.3) is 0 Å². The van der Waals surface area contributed by atoms with E-state index >= 15 is 0 Å². The second kappa shape index (κ2) is 4.49. The van der Waals surface area contributed by atoms with Gasteiger partial charge in [0, 0.05) is 13.7 Å². The first-order valence-electron chi connectivity index (χ1n) is 3.91. The molecule has 3 nitrogen and oxygen atoms in total. The molecule has 0 aromatic rings. The zero-order chi connectivity index (χ0) is 8.10. The van der Waals surface area contributed by atoms with Gasteiger partial charge in [-0.2, -0.15) is 0 Å². The van der Waals surface area contributed by atoms with Crippen LogP contribution in [0.5, 0.6) is 0 Å². The highest BCUT2D eigenvalue weighted by Gasteiger charge is 2.14. The van der Waals surface area contributed by atoms with Gasteiger partial charge in [-0.3, -0.25) is 0 Å². The number of hydrogen-bond acceptors (Lipinski definition) is 3. The third kappa shape index (κ3) is 2.61. The molecule has 0 bridgehead atoms. The zero-order valence-electron chi connectivity index (χ0n) is 6.84. The summed E-state index contributed by atoms with van der Waals surface area (Å²) in [5, 5.41) is 12.6. The molecule has 1 fully saturated rings. The molecule has 0 spiro atoms. The van der Waals surface area contributed by atoms with Crippen LogP contribution in [0.4, 0.5) is 0 Å². The van der Waals surface area contributed by atoms with E-state index in [9.17, 15) is 5.11 Å². The van der Waals surface area contributed by atoms with Crippen LogP contribution >= 0.6 is 0 Å². The van der Waals surface area contributed by atoms with E-state index in [4.69, 9.17) is 4.74 Å². The fourth-order valence-electron chi connectivity index (χ4n) is 1.17. The molecular weight excluding hydrogens is 142 g/mol. The van der Waals surface area contributed by atoms with Crippen molar-refractivity contribution in [1.82, 2.24) is 5.32 Å². The second-order valence-electron chi connectivity index (χ2n) is 2.72. The minimum Gasteiger partial charge on any atom is -0.389 e. The molecular formula is C8H15NO2. The molecule has 1 heterocycles. The Morgan fingerprint density at radius 1 is 1.82 bits per heavy atom. The van der Waals surface area contributed by atoms with Crippen molar-refractivity contribution in [3.05, 3.63) is 11.6 Å². The Labute approximate surface area is 67.1 Å². The lowest BCUT2D eigenvalue weighted by molar-refractivity contribution is 0.179. The molecule has 0 aromatic heterocycles. The van der Waals surface area contributed by atoms with E-state index in [-0.39, 0.29) is 6.10 Å². The maximum Gasteiger partial charge on any atom is 0.0775 e. The molecule has 1 saturated heterocycles. The largest absolute Gasteiger partial charge is 0.389 e. The monoisotopic (exact) mass is 157 g/mol. The van der Waals surface area contributed by atoms with Gasteiger partial charge in [-0.15, -0.1) is 0 Å². The third-order valence-electron chi connectivity index (χ3n) is 1.86. The summed E-state index contributed by atoms with van der Waals surface area (Å²) in [5.41, 5.74) is 1.05. The first-order chi connectivity index (χ1) is 5.34. The van der Waals surface area contributed by atoms with Gasteiger partial charge in [0.2, 0.25) is 0 Å². The first-order valence-corrected chi connectivity index (χ1v) is 3.91. The van der Waals surface area contributed by atoms with Gasteiger partial charge in [-0.25, -0.2) is 0 Å². The van der Waals surface area contributed by atoms with E-state index in [2.05, 4.69) is 5.32 Å². The van der Waals surface area contributed by atoms with Crippen LogP contribution in [0.1, 0.15) is 6.42 Å². The average Bonchev–Trinajstić information content (AvgIpc) is 2.03. The molecule has 0 aliphatic carbocycles. The van der Waals surface area contributed by atoms with Crippen LogP contribution < -0.4 is 5.32 Å². The number of ether oxygens (including phenoxy) is 1. The Bertz CT molecular complexity index is 145. The molecule has 2 N–H and O–H groups in total. The number of nitrogens with one attached hydrogen (secondary N) is 1. The molecule has 0 radical (unpaired) electrons. The predicted molar refractivity (Wildman–Crippen MR) is 43.5 cm³/mol. The summed E-state index contributed by atoms with van der Waals surface area (Å²) in [7, 11) is 1.65. The predicted octanol–water partition coefficient (Wildman–Crippen LogP) is -0.0866. The summed E-state index contributed by atoms with van der Waals surface area (Å²) in [6, 6.07) is 0. The van der Waals surface area contributed by atoms with Gasteiger partial charge < -0.3 is 15.2 Å². The van der Waals surface area contributed by atoms with Crippen LogP contribution in [0.15, 0.2) is 11.6 Å². The van der Waals surface area contributed by atoms with E-state index < -0.39 is 0 Å². The number of hydrogen-bond donors (Lipinski definition) is 2. The van der Waals surface area contributed by atoms with Crippen LogP contribution in [0.2, 0.25) is 0 Å². The van der Waals surface area contributed by atoms with Gasteiger partial charge in [0.05, 0.1) is 12.7 Å². The lowest BCUT2D eigenvalue weighted by Crippen LogP contribution is -2.33. The Hall–Kier alpha value is -0.380. The minimum absolute atomic E-state index is 0.258. The number of piperidine rings is 1. The molecule has 64 valence electrons. The van der Waals surface area contributed by atoms with Crippen molar-refractivity contribution in [3.63, 3.8) is 0 Å². The minimum atomic E-state index is -0.258. The van der Waals surface area contributed by atoms with E-state index in [0.717, 1.165) is 25.1 Å². The summed E-state index contributed by atoms with van der Waals surface area (Å²) in [6.45, 7) is 2.30. The fourth-order valence-corrected chi connectivity index (χ4v) is 1.17. The van der Waals surface area contributed by atoms with Crippen molar-refractivity contribution in [2.24, 2.45) is 0 Å². The molecule has 0 amide bonds. The van der Waals surface area contributed by atoms with Crippen molar-refractivity contribution in [3.8, 4) is 0 Å². The van der Waals surface area contributed by atoms with Gasteiger partial charge >= 0.3 is 0 Å². The van der Waals surface area contributed by atoms with E-state index in [0.29, 0.717) is 6.61 Å². The van der Waals surface area contributed by atoms with Gasteiger partial charge in [-0.05, 0) is 18.5 Å². The summed E-state index contributed by atoms with van der Waals surface area (Å²) >= 11 is 0. The van der Waals surface area contributed by atoms with Gasteiger partial charge in [0.15, 0.2) is 0 Å². The normalized spacial score (nSPS) is 29.3. The summed E-state index contributed by atoms with van der Waals surface area (Å²) in [5.74, 6) is 0. The lowest BCUT2D eigenvalue weighted by Gasteiger charge is -2.21. The maximum atomic E-state index is 9.43. The lowest BCUT2D eigenvalue weighted by atomic mass is 10.0. The van der Waals surface area contributed by atoms with Crippen LogP contribution in [0, 0.1) is 0 Å². The quantitative estimate of drug-likeness (QED) is 0.551. The third-order valence-corrected chi connectivity index (χ3v) is 1.86. The highest BCUT2D eigenvalue weighted by molar-refractivity contribution is 5.12. The summed E-state index contributed by atoms with van der Waals surface area (Å²) < 4.78 is 4.88. The molecule has 1 aliphatic rings. The highest BCUT2D eigenvalue weighted by Crippen LogP contribution is 2.08. The first kappa shape index (κ1) is 8.71. The summed E-state index contributed by atoms with van der Waals surface area (Å²) in [6.07, 6.45) is 2.50. The SMILES string of the molecule is COC/C=C1\CNCCC1O. The maximum absolute atomic E-state index is 9.43. The molecule has 1 atom stereocenters. The van der Waals surface area contributed by atoms with Crippen molar-refractivity contribution in [2.75, 3.05) is 26.8 Å². The fraction of sp³-hybridized carbons (Fsp3) is 0.750. The van der Waals surface area contributed by atoms with E-state index in [1.807, 2.05) is 6.08 Å². The highest BCUT2D eigenvalue weighted by atomic mass is 16.5. The van der Waals surface area contributed by atoms with Gasteiger partial charge in [-0.1, -0.05) is 6.08 Å². The number of aliphatic hydroxyl groups is 1. The standard InChI is InChI=1S/C8H15NO2/c1-11-5-3-7-6-9-4-2-8(7)10/h3,8-10H,2,4-6H2,1H3/b7-3+. The van der Waals surface area contributed by atoms with Crippen LogP contribution in [0.25, 0.3) is 0 Å². The van der Waals surface area contributed by atoms with Crippen molar-refractivity contribution in [2.45, 2.75) is 12.5 Å². The summed E-state index contributed by atoms with van der Waals surface area (Å²) in [4.78, 5) is 0. The number of methoxy groups -OCH3 is 1. The Morgan fingerprint density at radius 3 is 3.27 bits per heavy atom. The van der Waals surface area contributed by atoms with E-state index in [1.54, 1.807) is 7.11 Å². The average molecular weight is 157 g/mol. The van der Waals surface area contributed by atoms with Crippen molar-refractivity contribution >= 4 is 0 Å². The molecule has 1 unspecified atom stereocenters. The van der Waals surface area contributed by atoms with Gasteiger partial charge in [0.1, 0.15) is 0 Å². The zero-order valence-corrected chi connectivity index (χ0v) is 6.84. The molecule has 11 heavy (non-hydrogen) atoms. The topological polar surface area (TPSA) is 41.5 Å². The molecule has 0 saturated carbocycles. The second-order valence-corrected chi connectivity index (χ2v) is 2.72. The van der Waals surface area contributed by atoms with Crippen molar-refractivity contribution < 1.29 is 9.84 Å². The molecule has 3 heteroatoms. The van der Waals surface area contributed by atoms with Crippen molar-refractivity contribution in [1.29, 1.82) is 0 Å². The van der Waals surface area contributed by atoms with Crippen LogP contribution in [-0.4, -0.2) is 38.0 Å². The van der Waals surface area contributed by atoms with Crippen LogP contribution in [-0.2, 0) is 4.74 Å². The molecule has 1 aliphatic heterocycles. The Balaban J connectivity index is 2.40. The molecule has 0 aromatic carbocycles. The smallest absolute Gasteiger partial charge is 0.0775 e. The Kier molecular flexibility index (Phi) is 3.56. The Morgan fingerprint density at radius 2 is 2.64 bits per heavy atom.